The Hall–Kier alpha value is -2.28. The summed E-state index contributed by atoms with van der Waals surface area (Å²) in [6.45, 7) is 3.41. The van der Waals surface area contributed by atoms with Crippen LogP contribution >= 0.6 is 0 Å². The number of hydrogen-bond acceptors (Lipinski definition) is 3. The number of benzene rings is 1. The predicted molar refractivity (Wildman–Crippen MR) is 81.4 cm³/mol. The van der Waals surface area contributed by atoms with E-state index < -0.39 is 29.8 Å². The number of aliphatic hydroxyl groups is 1. The van der Waals surface area contributed by atoms with E-state index in [1.54, 1.807) is 13.8 Å². The molecule has 0 aliphatic carbocycles. The van der Waals surface area contributed by atoms with Crippen LogP contribution in [0.1, 0.15) is 46.7 Å². The van der Waals surface area contributed by atoms with Crippen molar-refractivity contribution in [1.29, 1.82) is 0 Å². The Kier molecular flexibility index (Phi) is 5.33. The first kappa shape index (κ1) is 18.1. The highest BCUT2D eigenvalue weighted by atomic mass is 19.4. The summed E-state index contributed by atoms with van der Waals surface area (Å²) in [5.41, 5.74) is -0.128. The van der Waals surface area contributed by atoms with Crippen molar-refractivity contribution in [3.05, 3.63) is 59.0 Å². The lowest BCUT2D eigenvalue weighted by Crippen LogP contribution is -2.39. The van der Waals surface area contributed by atoms with Crippen molar-refractivity contribution in [2.24, 2.45) is 0 Å². The molecule has 0 spiro atoms. The average molecular weight is 341 g/mol. The van der Waals surface area contributed by atoms with Crippen LogP contribution in [-0.2, 0) is 6.18 Å². The van der Waals surface area contributed by atoms with E-state index in [0.29, 0.717) is 23.3 Å². The van der Waals surface area contributed by atoms with Crippen molar-refractivity contribution in [2.75, 3.05) is 0 Å². The lowest BCUT2D eigenvalue weighted by molar-refractivity contribution is -0.137. The van der Waals surface area contributed by atoms with Crippen molar-refractivity contribution in [2.45, 2.75) is 38.6 Å². The number of nitrogens with one attached hydrogen (secondary N) is 1. The zero-order valence-corrected chi connectivity index (χ0v) is 13.2. The summed E-state index contributed by atoms with van der Waals surface area (Å²) in [7, 11) is 0. The van der Waals surface area contributed by atoms with E-state index in [-0.39, 0.29) is 0 Å². The van der Waals surface area contributed by atoms with Crippen molar-refractivity contribution in [3.8, 4) is 0 Å². The molecule has 0 saturated carbocycles. The molecule has 2 N–H and O–H groups in total. The smallest absolute Gasteiger partial charge is 0.416 e. The minimum Gasteiger partial charge on any atom is -0.469 e. The monoisotopic (exact) mass is 341 g/mol. The third kappa shape index (κ3) is 3.97. The van der Waals surface area contributed by atoms with Gasteiger partial charge in [-0.05, 0) is 37.1 Å². The van der Waals surface area contributed by atoms with Crippen LogP contribution in [0.25, 0.3) is 0 Å². The van der Waals surface area contributed by atoms with Crippen LogP contribution in [0.5, 0.6) is 0 Å². The summed E-state index contributed by atoms with van der Waals surface area (Å²) in [4.78, 5) is 12.2. The maximum Gasteiger partial charge on any atom is 0.416 e. The van der Waals surface area contributed by atoms with E-state index in [2.05, 4.69) is 5.32 Å². The van der Waals surface area contributed by atoms with Gasteiger partial charge in [0.15, 0.2) is 0 Å². The largest absolute Gasteiger partial charge is 0.469 e. The molecule has 4 nitrogen and oxygen atoms in total. The molecule has 0 bridgehead atoms. The Bertz CT molecular complexity index is 692. The molecule has 1 heterocycles. The fraction of sp³-hybridized carbons (Fsp3) is 0.353. The van der Waals surface area contributed by atoms with Crippen LogP contribution in [0.2, 0.25) is 0 Å². The minimum atomic E-state index is -4.43. The van der Waals surface area contributed by atoms with Crippen LogP contribution in [-0.4, -0.2) is 17.1 Å². The molecule has 2 unspecified atom stereocenters. The van der Waals surface area contributed by atoms with Gasteiger partial charge in [0.2, 0.25) is 0 Å². The second kappa shape index (κ2) is 7.09. The van der Waals surface area contributed by atoms with Gasteiger partial charge in [0.05, 0.1) is 29.5 Å². The molecule has 7 heteroatoms. The molecular formula is C17H18F3NO3. The maximum atomic E-state index is 12.6. The maximum absolute atomic E-state index is 12.6. The first-order valence-electron chi connectivity index (χ1n) is 7.44. The molecule has 1 aromatic carbocycles. The highest BCUT2D eigenvalue weighted by molar-refractivity contribution is 5.95. The molecule has 2 aromatic rings. The zero-order valence-electron chi connectivity index (χ0n) is 13.2. The molecule has 1 aromatic heterocycles. The van der Waals surface area contributed by atoms with Crippen LogP contribution in [0, 0.1) is 6.92 Å². The van der Waals surface area contributed by atoms with Crippen molar-refractivity contribution < 1.29 is 27.5 Å². The van der Waals surface area contributed by atoms with Gasteiger partial charge in [-0.2, -0.15) is 13.2 Å². The summed E-state index contributed by atoms with van der Waals surface area (Å²) < 4.78 is 42.8. The van der Waals surface area contributed by atoms with Gasteiger partial charge >= 0.3 is 6.18 Å². The quantitative estimate of drug-likeness (QED) is 0.868. The Balaban J connectivity index is 2.12. The van der Waals surface area contributed by atoms with Crippen LogP contribution < -0.4 is 5.32 Å². The molecular weight excluding hydrogens is 323 g/mol. The Morgan fingerprint density at radius 3 is 2.33 bits per heavy atom. The predicted octanol–water partition coefficient (Wildman–Crippen LogP) is 3.85. The number of aliphatic hydroxyl groups excluding tert-OH is 1. The van der Waals surface area contributed by atoms with Gasteiger partial charge in [-0.15, -0.1) is 0 Å². The lowest BCUT2D eigenvalue weighted by Gasteiger charge is -2.23. The van der Waals surface area contributed by atoms with E-state index in [9.17, 15) is 23.1 Å². The highest BCUT2D eigenvalue weighted by Crippen LogP contribution is 2.30. The Morgan fingerprint density at radius 2 is 1.88 bits per heavy atom. The minimum absolute atomic E-state index is 0.305. The number of amides is 1. The highest BCUT2D eigenvalue weighted by Gasteiger charge is 2.31. The van der Waals surface area contributed by atoms with Crippen molar-refractivity contribution >= 4 is 5.91 Å². The Labute approximate surface area is 137 Å². The second-order valence-electron chi connectivity index (χ2n) is 5.44. The van der Waals surface area contributed by atoms with Gasteiger partial charge in [0.1, 0.15) is 5.76 Å². The van der Waals surface area contributed by atoms with Crippen LogP contribution in [0.15, 0.2) is 41.0 Å². The molecule has 1 amide bonds. The normalized spacial score (nSPS) is 14.2. The van der Waals surface area contributed by atoms with Gasteiger partial charge in [-0.1, -0.05) is 19.1 Å². The SMILES string of the molecule is CCC(NC(=O)c1ccoc1C)C(O)c1ccc(C(F)(F)F)cc1. The summed E-state index contributed by atoms with van der Waals surface area (Å²) in [5.74, 6) is 0.0467. The first-order valence-corrected chi connectivity index (χ1v) is 7.44. The number of rotatable bonds is 5. The number of carbonyl (C=O) groups excluding carboxylic acids is 1. The summed E-state index contributed by atoms with van der Waals surface area (Å²) >= 11 is 0. The third-order valence-corrected chi connectivity index (χ3v) is 3.82. The van der Waals surface area contributed by atoms with Gasteiger partial charge in [0.25, 0.3) is 5.91 Å². The summed E-state index contributed by atoms with van der Waals surface area (Å²) in [6.07, 6.45) is -3.75. The molecule has 130 valence electrons. The van der Waals surface area contributed by atoms with E-state index in [0.717, 1.165) is 12.1 Å². The molecule has 2 atom stereocenters. The average Bonchev–Trinajstić information content (AvgIpc) is 2.97. The Morgan fingerprint density at radius 1 is 1.25 bits per heavy atom. The zero-order chi connectivity index (χ0) is 17.9. The number of aryl methyl sites for hydroxylation is 1. The number of halogens is 3. The van der Waals surface area contributed by atoms with E-state index in [4.69, 9.17) is 4.42 Å². The fourth-order valence-corrected chi connectivity index (χ4v) is 2.37. The lowest BCUT2D eigenvalue weighted by atomic mass is 9.98. The molecule has 0 radical (unpaired) electrons. The van der Waals surface area contributed by atoms with Gasteiger partial charge < -0.3 is 14.8 Å². The molecule has 0 aliphatic heterocycles. The standard InChI is InChI=1S/C17H18F3NO3/c1-3-14(21-16(23)13-8-9-24-10(13)2)15(22)11-4-6-12(7-5-11)17(18,19)20/h4-9,14-15,22H,3H2,1-2H3,(H,21,23). The summed E-state index contributed by atoms with van der Waals surface area (Å²) in [6, 6.07) is 5.13. The topological polar surface area (TPSA) is 62.5 Å². The van der Waals surface area contributed by atoms with E-state index in [1.165, 1.54) is 24.5 Å². The van der Waals surface area contributed by atoms with E-state index >= 15 is 0 Å². The van der Waals surface area contributed by atoms with Crippen molar-refractivity contribution in [1.82, 2.24) is 5.32 Å². The van der Waals surface area contributed by atoms with Gasteiger partial charge in [-0.3, -0.25) is 4.79 Å². The number of carbonyl (C=O) groups is 1. The molecule has 2 rings (SSSR count). The van der Waals surface area contributed by atoms with Gasteiger partial charge in [0, 0.05) is 0 Å². The van der Waals surface area contributed by atoms with Gasteiger partial charge in [-0.25, -0.2) is 0 Å². The number of hydrogen-bond donors (Lipinski definition) is 2. The number of alkyl halides is 3. The first-order chi connectivity index (χ1) is 11.2. The molecule has 0 saturated heterocycles. The molecule has 0 fully saturated rings. The number of furan rings is 1. The summed E-state index contributed by atoms with van der Waals surface area (Å²) in [5, 5.41) is 13.1. The van der Waals surface area contributed by atoms with Crippen LogP contribution in [0.3, 0.4) is 0 Å². The molecule has 24 heavy (non-hydrogen) atoms. The van der Waals surface area contributed by atoms with E-state index in [1.807, 2.05) is 0 Å². The third-order valence-electron chi connectivity index (χ3n) is 3.82. The van der Waals surface area contributed by atoms with Crippen molar-refractivity contribution in [3.63, 3.8) is 0 Å². The second-order valence-corrected chi connectivity index (χ2v) is 5.44. The molecule has 0 aliphatic rings. The fourth-order valence-electron chi connectivity index (χ4n) is 2.37. The van der Waals surface area contributed by atoms with Crippen LogP contribution in [0.4, 0.5) is 13.2 Å².